The fourth-order valence-corrected chi connectivity index (χ4v) is 3.50. The molecule has 2 heteroatoms. The maximum Gasteiger partial charge on any atom is 0.00966 e. The van der Waals surface area contributed by atoms with Gasteiger partial charge in [-0.2, -0.15) is 0 Å². The van der Waals surface area contributed by atoms with Crippen LogP contribution in [-0.2, 0) is 0 Å². The van der Waals surface area contributed by atoms with Crippen LogP contribution in [-0.4, -0.2) is 36.1 Å². The van der Waals surface area contributed by atoms with E-state index in [1.54, 1.807) is 0 Å². The van der Waals surface area contributed by atoms with Gasteiger partial charge in [-0.15, -0.1) is 0 Å². The van der Waals surface area contributed by atoms with Crippen molar-refractivity contribution in [3.05, 3.63) is 0 Å². The molecule has 2 atom stereocenters. The molecule has 0 aromatic heterocycles. The van der Waals surface area contributed by atoms with Gasteiger partial charge >= 0.3 is 0 Å². The summed E-state index contributed by atoms with van der Waals surface area (Å²) in [5.41, 5.74) is 0.724. The molecule has 1 aliphatic rings. The standard InChI is InChI=1S/C19H40N2/c1-15(14-20-19(6,7)8)13-16(2)21-11-9-17(10-12-21)18(3,4)5/h15-17,20H,9-14H2,1-8H3. The lowest BCUT2D eigenvalue weighted by Gasteiger charge is -2.41. The average Bonchev–Trinajstić information content (AvgIpc) is 2.34. The zero-order valence-electron chi connectivity index (χ0n) is 15.9. The van der Waals surface area contributed by atoms with Gasteiger partial charge in [-0.05, 0) is 83.8 Å². The number of hydrogen-bond acceptors (Lipinski definition) is 2. The Bertz CT molecular complexity index is 290. The Kier molecular flexibility index (Phi) is 6.74. The minimum Gasteiger partial charge on any atom is -0.312 e. The third kappa shape index (κ3) is 7.15. The van der Waals surface area contributed by atoms with Crippen LogP contribution in [0.25, 0.3) is 0 Å². The lowest BCUT2D eigenvalue weighted by atomic mass is 9.75. The maximum absolute atomic E-state index is 3.64. The molecule has 0 saturated carbocycles. The lowest BCUT2D eigenvalue weighted by Crippen LogP contribution is -2.44. The first kappa shape index (κ1) is 19.0. The van der Waals surface area contributed by atoms with E-state index in [0.717, 1.165) is 24.4 Å². The molecule has 126 valence electrons. The van der Waals surface area contributed by atoms with Gasteiger partial charge in [0.05, 0.1) is 0 Å². The molecule has 0 aliphatic carbocycles. The predicted molar refractivity (Wildman–Crippen MR) is 94.8 cm³/mol. The third-order valence-electron chi connectivity index (χ3n) is 5.10. The second kappa shape index (κ2) is 7.46. The SMILES string of the molecule is CC(CNC(C)(C)C)CC(C)N1CCC(C(C)(C)C)CC1. The Morgan fingerprint density at radius 2 is 1.52 bits per heavy atom. The van der Waals surface area contributed by atoms with Gasteiger partial charge in [0.25, 0.3) is 0 Å². The van der Waals surface area contributed by atoms with Crippen molar-refractivity contribution in [2.24, 2.45) is 17.3 Å². The van der Waals surface area contributed by atoms with E-state index in [-0.39, 0.29) is 5.54 Å². The van der Waals surface area contributed by atoms with Gasteiger partial charge in [0.2, 0.25) is 0 Å². The molecule has 21 heavy (non-hydrogen) atoms. The fourth-order valence-electron chi connectivity index (χ4n) is 3.50. The maximum atomic E-state index is 3.64. The highest BCUT2D eigenvalue weighted by Crippen LogP contribution is 2.35. The molecule has 0 amide bonds. The van der Waals surface area contributed by atoms with Crippen LogP contribution in [0.4, 0.5) is 0 Å². The van der Waals surface area contributed by atoms with Crippen molar-refractivity contribution in [3.63, 3.8) is 0 Å². The molecule has 1 aliphatic heterocycles. The van der Waals surface area contributed by atoms with E-state index in [1.165, 1.54) is 32.4 Å². The van der Waals surface area contributed by atoms with Crippen LogP contribution in [0, 0.1) is 17.3 Å². The number of rotatable bonds is 5. The minimum atomic E-state index is 0.239. The van der Waals surface area contributed by atoms with Gasteiger partial charge < -0.3 is 10.2 Å². The Hall–Kier alpha value is -0.0800. The largest absolute Gasteiger partial charge is 0.312 e. The van der Waals surface area contributed by atoms with Crippen molar-refractivity contribution in [2.75, 3.05) is 19.6 Å². The van der Waals surface area contributed by atoms with Crippen molar-refractivity contribution in [2.45, 2.75) is 86.2 Å². The normalized spacial score (nSPS) is 22.3. The molecule has 0 aromatic carbocycles. The molecule has 2 nitrogen and oxygen atoms in total. The van der Waals surface area contributed by atoms with E-state index in [0.29, 0.717) is 5.41 Å². The molecule has 1 rings (SSSR count). The van der Waals surface area contributed by atoms with Gasteiger partial charge in [-0.1, -0.05) is 27.7 Å². The summed E-state index contributed by atoms with van der Waals surface area (Å²) < 4.78 is 0. The van der Waals surface area contributed by atoms with E-state index in [2.05, 4.69) is 65.6 Å². The molecular weight excluding hydrogens is 256 g/mol. The average molecular weight is 297 g/mol. The Labute approximate surface area is 134 Å². The minimum absolute atomic E-state index is 0.239. The highest BCUT2D eigenvalue weighted by atomic mass is 15.2. The quantitative estimate of drug-likeness (QED) is 0.801. The smallest absolute Gasteiger partial charge is 0.00966 e. The van der Waals surface area contributed by atoms with Gasteiger partial charge in [-0.25, -0.2) is 0 Å². The number of nitrogens with one attached hydrogen (secondary N) is 1. The Balaban J connectivity index is 2.32. The molecule has 1 saturated heterocycles. The van der Waals surface area contributed by atoms with E-state index >= 15 is 0 Å². The summed E-state index contributed by atoms with van der Waals surface area (Å²) >= 11 is 0. The van der Waals surface area contributed by atoms with Crippen LogP contribution in [0.15, 0.2) is 0 Å². The summed E-state index contributed by atoms with van der Waals surface area (Å²) in [5.74, 6) is 1.65. The summed E-state index contributed by atoms with van der Waals surface area (Å²) in [6, 6.07) is 0.725. The molecule has 0 spiro atoms. The van der Waals surface area contributed by atoms with Crippen molar-refractivity contribution in [1.29, 1.82) is 0 Å². The second-order valence-corrected chi connectivity index (χ2v) is 9.50. The van der Waals surface area contributed by atoms with Crippen molar-refractivity contribution in [1.82, 2.24) is 10.2 Å². The van der Waals surface area contributed by atoms with E-state index < -0.39 is 0 Å². The van der Waals surface area contributed by atoms with Crippen LogP contribution in [0.5, 0.6) is 0 Å². The van der Waals surface area contributed by atoms with Gasteiger partial charge in [0, 0.05) is 11.6 Å². The number of piperidine rings is 1. The van der Waals surface area contributed by atoms with Crippen LogP contribution >= 0.6 is 0 Å². The first-order chi connectivity index (χ1) is 9.49. The zero-order valence-corrected chi connectivity index (χ0v) is 15.9. The van der Waals surface area contributed by atoms with Crippen LogP contribution in [0.2, 0.25) is 0 Å². The molecule has 1 fully saturated rings. The Morgan fingerprint density at radius 1 is 1.00 bits per heavy atom. The molecule has 1 heterocycles. The lowest BCUT2D eigenvalue weighted by molar-refractivity contribution is 0.0797. The summed E-state index contributed by atoms with van der Waals surface area (Å²) in [6.07, 6.45) is 4.06. The number of nitrogens with zero attached hydrogens (tertiary/aromatic N) is 1. The van der Waals surface area contributed by atoms with E-state index in [4.69, 9.17) is 0 Å². The predicted octanol–water partition coefficient (Wildman–Crippen LogP) is 4.55. The van der Waals surface area contributed by atoms with Crippen LogP contribution in [0.3, 0.4) is 0 Å². The first-order valence-electron chi connectivity index (χ1n) is 8.98. The first-order valence-corrected chi connectivity index (χ1v) is 8.98. The third-order valence-corrected chi connectivity index (χ3v) is 5.10. The second-order valence-electron chi connectivity index (χ2n) is 9.50. The molecule has 0 bridgehead atoms. The van der Waals surface area contributed by atoms with Crippen molar-refractivity contribution in [3.8, 4) is 0 Å². The van der Waals surface area contributed by atoms with Crippen LogP contribution in [0.1, 0.15) is 74.7 Å². The van der Waals surface area contributed by atoms with Gasteiger partial charge in [-0.3, -0.25) is 0 Å². The summed E-state index contributed by atoms with van der Waals surface area (Å²) in [6.45, 7) is 22.5. The monoisotopic (exact) mass is 296 g/mol. The number of likely N-dealkylation sites (tertiary alicyclic amines) is 1. The molecule has 2 unspecified atom stereocenters. The van der Waals surface area contributed by atoms with Gasteiger partial charge in [0.1, 0.15) is 0 Å². The summed E-state index contributed by atoms with van der Waals surface area (Å²) in [5, 5.41) is 3.64. The van der Waals surface area contributed by atoms with E-state index in [1.807, 2.05) is 0 Å². The molecule has 0 aromatic rings. The molecule has 1 N–H and O–H groups in total. The highest BCUT2D eigenvalue weighted by molar-refractivity contribution is 4.83. The zero-order chi connectivity index (χ0) is 16.3. The van der Waals surface area contributed by atoms with E-state index in [9.17, 15) is 0 Å². The topological polar surface area (TPSA) is 15.3 Å². The summed E-state index contributed by atoms with van der Waals surface area (Å²) in [4.78, 5) is 2.72. The molecular formula is C19H40N2. The van der Waals surface area contributed by atoms with Gasteiger partial charge in [0.15, 0.2) is 0 Å². The Morgan fingerprint density at radius 3 is 1.95 bits per heavy atom. The highest BCUT2D eigenvalue weighted by Gasteiger charge is 2.30. The summed E-state index contributed by atoms with van der Waals surface area (Å²) in [7, 11) is 0. The van der Waals surface area contributed by atoms with Crippen molar-refractivity contribution >= 4 is 0 Å². The van der Waals surface area contributed by atoms with Crippen LogP contribution < -0.4 is 5.32 Å². The van der Waals surface area contributed by atoms with Crippen molar-refractivity contribution < 1.29 is 0 Å². The fraction of sp³-hybridized carbons (Fsp3) is 1.00. The number of hydrogen-bond donors (Lipinski definition) is 1. The molecule has 0 radical (unpaired) electrons.